The van der Waals surface area contributed by atoms with E-state index in [9.17, 15) is 14.4 Å². The Labute approximate surface area is 259 Å². The number of benzene rings is 2. The number of carbonyl (C=O) groups is 3. The summed E-state index contributed by atoms with van der Waals surface area (Å²) in [6.45, 7) is 8.13. The summed E-state index contributed by atoms with van der Waals surface area (Å²) in [5.41, 5.74) is 2.62. The number of carbonyl (C=O) groups excluding carboxylic acids is 3. The van der Waals surface area contributed by atoms with Crippen molar-refractivity contribution in [3.8, 4) is 11.1 Å². The minimum atomic E-state index is -0.550. The van der Waals surface area contributed by atoms with E-state index in [0.29, 0.717) is 54.3 Å². The van der Waals surface area contributed by atoms with Crippen LogP contribution in [-0.2, 0) is 16.0 Å². The number of rotatable bonds is 5. The summed E-state index contributed by atoms with van der Waals surface area (Å²) in [6.07, 6.45) is 6.96. The zero-order valence-corrected chi connectivity index (χ0v) is 26.3. The van der Waals surface area contributed by atoms with Gasteiger partial charge in [-0.3, -0.25) is 9.59 Å². The fraction of sp³-hybridized carbons (Fsp3) is 0.545. The second kappa shape index (κ2) is 12.8. The van der Waals surface area contributed by atoms with Gasteiger partial charge < -0.3 is 19.4 Å². The highest BCUT2D eigenvalue weighted by atomic mass is 35.5. The van der Waals surface area contributed by atoms with Gasteiger partial charge >= 0.3 is 6.09 Å². The van der Waals surface area contributed by atoms with Gasteiger partial charge in [0.1, 0.15) is 5.60 Å². The molecule has 3 amide bonds. The Kier molecular flexibility index (Phi) is 9.38. The molecule has 3 aliphatic rings. The van der Waals surface area contributed by atoms with Crippen LogP contribution in [-0.4, -0.2) is 77.0 Å². The number of piperazine rings is 1. The average Bonchev–Trinajstić information content (AvgIpc) is 3.33. The van der Waals surface area contributed by atoms with E-state index in [4.69, 9.17) is 27.9 Å². The lowest BCUT2D eigenvalue weighted by atomic mass is 9.93. The first kappa shape index (κ1) is 30.7. The number of halogens is 2. The molecule has 0 bridgehead atoms. The summed E-state index contributed by atoms with van der Waals surface area (Å²) in [6, 6.07) is 11.6. The summed E-state index contributed by atoms with van der Waals surface area (Å²) in [5, 5.41) is 1.12. The van der Waals surface area contributed by atoms with Gasteiger partial charge in [-0.15, -0.1) is 0 Å². The maximum Gasteiger partial charge on any atom is 0.410 e. The van der Waals surface area contributed by atoms with Crippen molar-refractivity contribution < 1.29 is 19.1 Å². The summed E-state index contributed by atoms with van der Waals surface area (Å²) >= 11 is 13.5. The molecule has 2 heterocycles. The van der Waals surface area contributed by atoms with Gasteiger partial charge in [0.2, 0.25) is 5.91 Å². The van der Waals surface area contributed by atoms with E-state index in [1.54, 1.807) is 9.80 Å². The lowest BCUT2D eigenvalue weighted by Gasteiger charge is -2.35. The van der Waals surface area contributed by atoms with Gasteiger partial charge in [0.05, 0.1) is 0 Å². The molecular weight excluding hydrogens is 573 g/mol. The predicted octanol–water partition coefficient (Wildman–Crippen LogP) is 7.08. The van der Waals surface area contributed by atoms with Crippen LogP contribution in [0.1, 0.15) is 75.2 Å². The fourth-order valence-electron chi connectivity index (χ4n) is 6.33. The summed E-state index contributed by atoms with van der Waals surface area (Å²) in [5.74, 6) is 0.0917. The Balaban J connectivity index is 1.19. The monoisotopic (exact) mass is 613 g/mol. The van der Waals surface area contributed by atoms with E-state index < -0.39 is 5.60 Å². The maximum atomic E-state index is 13.2. The molecule has 0 aromatic heterocycles. The fourth-order valence-corrected chi connectivity index (χ4v) is 6.97. The summed E-state index contributed by atoms with van der Waals surface area (Å²) in [4.78, 5) is 44.2. The van der Waals surface area contributed by atoms with Gasteiger partial charge in [-0.25, -0.2) is 4.79 Å². The molecular formula is C33H41Cl2N3O4. The molecule has 1 atom stereocenters. The minimum Gasteiger partial charge on any atom is -0.444 e. The smallest absolute Gasteiger partial charge is 0.410 e. The van der Waals surface area contributed by atoms with Crippen molar-refractivity contribution >= 4 is 41.1 Å². The summed E-state index contributed by atoms with van der Waals surface area (Å²) < 4.78 is 5.45. The minimum absolute atomic E-state index is 0.0692. The van der Waals surface area contributed by atoms with Crippen molar-refractivity contribution in [2.75, 3.05) is 32.7 Å². The first-order valence-corrected chi connectivity index (χ1v) is 15.9. The van der Waals surface area contributed by atoms with Gasteiger partial charge in [0.15, 0.2) is 0 Å². The van der Waals surface area contributed by atoms with Crippen LogP contribution in [0.3, 0.4) is 0 Å². The third-order valence-corrected chi connectivity index (χ3v) is 9.32. The molecule has 0 radical (unpaired) electrons. The first-order valence-electron chi connectivity index (χ1n) is 15.2. The van der Waals surface area contributed by atoms with E-state index in [1.807, 2.05) is 57.2 Å². The molecule has 2 saturated heterocycles. The van der Waals surface area contributed by atoms with Gasteiger partial charge in [0.25, 0.3) is 5.91 Å². The van der Waals surface area contributed by atoms with Gasteiger partial charge in [-0.05, 0) is 87.4 Å². The van der Waals surface area contributed by atoms with Crippen LogP contribution in [0.15, 0.2) is 36.4 Å². The largest absolute Gasteiger partial charge is 0.444 e. The summed E-state index contributed by atoms with van der Waals surface area (Å²) in [7, 11) is 0. The van der Waals surface area contributed by atoms with Crippen molar-refractivity contribution in [1.82, 2.24) is 14.7 Å². The van der Waals surface area contributed by atoms with Crippen LogP contribution in [0, 0.1) is 5.92 Å². The molecule has 3 fully saturated rings. The Morgan fingerprint density at radius 3 is 2.02 bits per heavy atom. The number of nitrogens with zero attached hydrogens (tertiary/aromatic N) is 3. The molecule has 1 unspecified atom stereocenters. The van der Waals surface area contributed by atoms with Crippen molar-refractivity contribution in [2.24, 2.45) is 5.92 Å². The standard InChI is InChI=1S/C33H41Cl2N3O4/c1-33(2,3)42-32(41)37-17-15-36(16-18-37)30(39)23-11-9-22(10-12-23)25-20-28(34)27(29(35)21-25)19-24-13-14-38(31(24)40)26-7-5-4-6-8-26/h9-12,20-21,24,26H,4-8,13-19H2,1-3H3. The van der Waals surface area contributed by atoms with Crippen molar-refractivity contribution in [3.05, 3.63) is 57.6 Å². The van der Waals surface area contributed by atoms with Crippen LogP contribution < -0.4 is 0 Å². The lowest BCUT2D eigenvalue weighted by Crippen LogP contribution is -2.51. The molecule has 5 rings (SSSR count). The Hall–Kier alpha value is -2.77. The third kappa shape index (κ3) is 7.05. The number of hydrogen-bond donors (Lipinski definition) is 0. The molecule has 0 spiro atoms. The molecule has 9 heteroatoms. The average molecular weight is 615 g/mol. The van der Waals surface area contributed by atoms with Gasteiger partial charge in [-0.2, -0.15) is 0 Å². The van der Waals surface area contributed by atoms with Crippen LogP contribution in [0.2, 0.25) is 10.0 Å². The first-order chi connectivity index (χ1) is 20.0. The molecule has 1 saturated carbocycles. The van der Waals surface area contributed by atoms with E-state index in [2.05, 4.69) is 4.90 Å². The predicted molar refractivity (Wildman–Crippen MR) is 166 cm³/mol. The van der Waals surface area contributed by atoms with E-state index >= 15 is 0 Å². The molecule has 2 aromatic rings. The molecule has 1 aliphatic carbocycles. The SMILES string of the molecule is CC(C)(C)OC(=O)N1CCN(C(=O)c2ccc(-c3cc(Cl)c(CC4CCN(C5CCCCC5)C4=O)c(Cl)c3)cc2)CC1. The molecule has 42 heavy (non-hydrogen) atoms. The van der Waals surface area contributed by atoms with E-state index in [1.165, 1.54) is 19.3 Å². The molecule has 226 valence electrons. The lowest BCUT2D eigenvalue weighted by molar-refractivity contribution is -0.133. The quantitative estimate of drug-likeness (QED) is 0.361. The molecule has 2 aliphatic heterocycles. The Morgan fingerprint density at radius 1 is 0.833 bits per heavy atom. The maximum absolute atomic E-state index is 13.2. The topological polar surface area (TPSA) is 70.2 Å². The van der Waals surface area contributed by atoms with E-state index in [-0.39, 0.29) is 23.8 Å². The highest BCUT2D eigenvalue weighted by Gasteiger charge is 2.37. The zero-order valence-electron chi connectivity index (χ0n) is 24.8. The number of ether oxygens (including phenoxy) is 1. The second-order valence-corrected chi connectivity index (χ2v) is 13.6. The molecule has 7 nitrogen and oxygen atoms in total. The van der Waals surface area contributed by atoms with Crippen LogP contribution in [0.25, 0.3) is 11.1 Å². The highest BCUT2D eigenvalue weighted by Crippen LogP contribution is 2.36. The normalized spacial score (nSPS) is 20.3. The highest BCUT2D eigenvalue weighted by molar-refractivity contribution is 6.36. The van der Waals surface area contributed by atoms with Crippen molar-refractivity contribution in [1.29, 1.82) is 0 Å². The van der Waals surface area contributed by atoms with Gasteiger partial charge in [0, 0.05) is 60.3 Å². The Bertz CT molecular complexity index is 1290. The van der Waals surface area contributed by atoms with Crippen molar-refractivity contribution in [2.45, 2.75) is 77.4 Å². The van der Waals surface area contributed by atoms with Gasteiger partial charge in [-0.1, -0.05) is 54.6 Å². The van der Waals surface area contributed by atoms with Crippen LogP contribution in [0.4, 0.5) is 4.79 Å². The Morgan fingerprint density at radius 2 is 1.43 bits per heavy atom. The van der Waals surface area contributed by atoms with Crippen LogP contribution >= 0.6 is 23.2 Å². The van der Waals surface area contributed by atoms with E-state index in [0.717, 1.165) is 42.5 Å². The number of hydrogen-bond acceptors (Lipinski definition) is 4. The number of amides is 3. The van der Waals surface area contributed by atoms with Crippen molar-refractivity contribution in [3.63, 3.8) is 0 Å². The number of likely N-dealkylation sites (tertiary alicyclic amines) is 1. The zero-order chi connectivity index (χ0) is 30.0. The molecule has 0 N–H and O–H groups in total. The third-order valence-electron chi connectivity index (χ3n) is 8.64. The van der Waals surface area contributed by atoms with Crippen LogP contribution in [0.5, 0.6) is 0 Å². The second-order valence-electron chi connectivity index (χ2n) is 12.8. The molecule has 2 aromatic carbocycles.